The molecule has 2 nitrogen and oxygen atoms in total. The lowest BCUT2D eigenvalue weighted by molar-refractivity contribution is 0.0205. The van der Waals surface area contributed by atoms with Gasteiger partial charge in [0.25, 0.3) is 5.92 Å². The van der Waals surface area contributed by atoms with Crippen LogP contribution in [0.1, 0.15) is 5.56 Å². The maximum atomic E-state index is 13.0. The molecule has 0 N–H and O–H groups in total. The lowest BCUT2D eigenvalue weighted by atomic mass is 10.1. The van der Waals surface area contributed by atoms with E-state index < -0.39 is 27.5 Å². The van der Waals surface area contributed by atoms with Gasteiger partial charge in [-0.1, -0.05) is 30.3 Å². The first-order valence-electron chi connectivity index (χ1n) is 3.67. The standard InChI is InChI=1S/C8H7F3O2S/c9-8(10,6-14(11,12)13)7-4-2-1-3-5-7/h1-5H,6H2. The predicted octanol–water partition coefficient (Wildman–Crippen LogP) is 2.08. The van der Waals surface area contributed by atoms with E-state index in [1.54, 1.807) is 0 Å². The second kappa shape index (κ2) is 3.61. The smallest absolute Gasteiger partial charge is 0.200 e. The summed E-state index contributed by atoms with van der Waals surface area (Å²) >= 11 is 0. The van der Waals surface area contributed by atoms with Crippen LogP contribution in [0.25, 0.3) is 0 Å². The molecule has 0 unspecified atom stereocenters. The molecule has 0 amide bonds. The molecule has 14 heavy (non-hydrogen) atoms. The van der Waals surface area contributed by atoms with Crippen molar-refractivity contribution in [1.29, 1.82) is 0 Å². The van der Waals surface area contributed by atoms with Gasteiger partial charge in [0, 0.05) is 5.56 Å². The molecule has 1 aromatic carbocycles. The van der Waals surface area contributed by atoms with Crippen LogP contribution in [0.4, 0.5) is 12.7 Å². The predicted molar refractivity (Wildman–Crippen MR) is 45.2 cm³/mol. The zero-order valence-corrected chi connectivity index (χ0v) is 7.77. The van der Waals surface area contributed by atoms with Gasteiger partial charge in [0.2, 0.25) is 0 Å². The van der Waals surface area contributed by atoms with E-state index in [-0.39, 0.29) is 0 Å². The molecular weight excluding hydrogens is 217 g/mol. The van der Waals surface area contributed by atoms with Crippen molar-refractivity contribution >= 4 is 10.2 Å². The van der Waals surface area contributed by atoms with Crippen molar-refractivity contribution in [3.05, 3.63) is 35.9 Å². The summed E-state index contributed by atoms with van der Waals surface area (Å²) in [5, 5.41) is 0. The van der Waals surface area contributed by atoms with Gasteiger partial charge >= 0.3 is 10.2 Å². The number of hydrogen-bond donors (Lipinski definition) is 0. The molecule has 0 saturated carbocycles. The van der Waals surface area contributed by atoms with Crippen LogP contribution >= 0.6 is 0 Å². The number of benzene rings is 1. The summed E-state index contributed by atoms with van der Waals surface area (Å²) in [5.41, 5.74) is -0.513. The highest BCUT2D eigenvalue weighted by molar-refractivity contribution is 7.86. The largest absolute Gasteiger partial charge is 0.308 e. The van der Waals surface area contributed by atoms with Crippen molar-refractivity contribution in [3.63, 3.8) is 0 Å². The molecule has 0 radical (unpaired) electrons. The summed E-state index contributed by atoms with van der Waals surface area (Å²) in [5.74, 6) is -5.50. The molecule has 0 aromatic heterocycles. The Balaban J connectivity index is 2.97. The van der Waals surface area contributed by atoms with Crippen LogP contribution in [0.3, 0.4) is 0 Å². The van der Waals surface area contributed by atoms with Crippen LogP contribution in [0, 0.1) is 0 Å². The summed E-state index contributed by atoms with van der Waals surface area (Å²) < 4.78 is 58.3. The molecule has 6 heteroatoms. The van der Waals surface area contributed by atoms with Crippen LogP contribution in [0.2, 0.25) is 0 Å². The van der Waals surface area contributed by atoms with E-state index in [4.69, 9.17) is 0 Å². The second-order valence-corrected chi connectivity index (χ2v) is 4.12. The minimum atomic E-state index is -5.18. The number of halogens is 3. The summed E-state index contributed by atoms with van der Waals surface area (Å²) in [7, 11) is -5.18. The van der Waals surface area contributed by atoms with Crippen LogP contribution in [0.5, 0.6) is 0 Å². The average molecular weight is 224 g/mol. The third-order valence-corrected chi connectivity index (χ3v) is 2.26. The van der Waals surface area contributed by atoms with Gasteiger partial charge in [-0.3, -0.25) is 0 Å². The molecule has 1 rings (SSSR count). The Morgan fingerprint density at radius 1 is 1.14 bits per heavy atom. The van der Waals surface area contributed by atoms with E-state index >= 15 is 0 Å². The van der Waals surface area contributed by atoms with Gasteiger partial charge in [-0.05, 0) is 0 Å². The topological polar surface area (TPSA) is 34.1 Å². The second-order valence-electron chi connectivity index (χ2n) is 2.75. The molecule has 0 aliphatic heterocycles. The van der Waals surface area contributed by atoms with Crippen molar-refractivity contribution in [1.82, 2.24) is 0 Å². The van der Waals surface area contributed by atoms with E-state index in [0.29, 0.717) is 0 Å². The van der Waals surface area contributed by atoms with E-state index in [1.807, 2.05) is 0 Å². The van der Waals surface area contributed by atoms with Gasteiger partial charge in [0.15, 0.2) is 0 Å². The first kappa shape index (κ1) is 11.0. The molecular formula is C8H7F3O2S. The molecule has 0 heterocycles. The highest BCUT2D eigenvalue weighted by atomic mass is 32.3. The molecule has 0 fully saturated rings. The monoisotopic (exact) mass is 224 g/mol. The van der Waals surface area contributed by atoms with Crippen LogP contribution in [0.15, 0.2) is 30.3 Å². The van der Waals surface area contributed by atoms with Crippen LogP contribution < -0.4 is 0 Å². The molecule has 0 aliphatic carbocycles. The Morgan fingerprint density at radius 2 is 1.64 bits per heavy atom. The van der Waals surface area contributed by atoms with Crippen molar-refractivity contribution in [2.75, 3.05) is 5.75 Å². The quantitative estimate of drug-likeness (QED) is 0.736. The first-order chi connectivity index (χ1) is 6.31. The maximum Gasteiger partial charge on any atom is 0.308 e. The lowest BCUT2D eigenvalue weighted by Gasteiger charge is -2.13. The Morgan fingerprint density at radius 3 is 2.07 bits per heavy atom. The van der Waals surface area contributed by atoms with Gasteiger partial charge in [-0.25, -0.2) is 8.78 Å². The minimum Gasteiger partial charge on any atom is -0.200 e. The van der Waals surface area contributed by atoms with Crippen molar-refractivity contribution in [2.24, 2.45) is 0 Å². The van der Waals surface area contributed by atoms with Crippen molar-refractivity contribution in [2.45, 2.75) is 5.92 Å². The van der Waals surface area contributed by atoms with Gasteiger partial charge in [-0.2, -0.15) is 8.42 Å². The molecule has 0 bridgehead atoms. The highest BCUT2D eigenvalue weighted by Gasteiger charge is 2.37. The van der Waals surface area contributed by atoms with Gasteiger partial charge < -0.3 is 0 Å². The Kier molecular flexibility index (Phi) is 2.84. The average Bonchev–Trinajstić information content (AvgIpc) is 2.01. The minimum absolute atomic E-state index is 0.513. The first-order valence-corrected chi connectivity index (χ1v) is 5.22. The molecule has 1 aromatic rings. The van der Waals surface area contributed by atoms with Crippen molar-refractivity contribution in [3.8, 4) is 0 Å². The zero-order chi connectivity index (χ0) is 10.8. The Hall–Kier alpha value is -1.04. The Labute approximate surface area is 79.6 Å². The van der Waals surface area contributed by atoms with E-state index in [9.17, 15) is 21.1 Å². The number of alkyl halides is 2. The summed E-state index contributed by atoms with van der Waals surface area (Å²) in [4.78, 5) is 0. The number of hydrogen-bond acceptors (Lipinski definition) is 2. The van der Waals surface area contributed by atoms with Crippen LogP contribution in [-0.4, -0.2) is 14.2 Å². The molecule has 0 aliphatic rings. The van der Waals surface area contributed by atoms with Gasteiger partial charge in [0.05, 0.1) is 0 Å². The SMILES string of the molecule is O=S(=O)(F)CC(F)(F)c1ccccc1. The molecule has 0 saturated heterocycles. The van der Waals surface area contributed by atoms with Gasteiger partial charge in [0.1, 0.15) is 5.75 Å². The normalized spacial score (nSPS) is 12.8. The summed E-state index contributed by atoms with van der Waals surface area (Å²) in [6.07, 6.45) is 0. The third-order valence-electron chi connectivity index (χ3n) is 1.55. The van der Waals surface area contributed by atoms with E-state index in [0.717, 1.165) is 12.1 Å². The summed E-state index contributed by atoms with van der Waals surface area (Å²) in [6, 6.07) is 6.25. The van der Waals surface area contributed by atoms with E-state index in [2.05, 4.69) is 0 Å². The fourth-order valence-corrected chi connectivity index (χ4v) is 1.58. The third kappa shape index (κ3) is 3.02. The van der Waals surface area contributed by atoms with Crippen molar-refractivity contribution < 1.29 is 21.1 Å². The Bertz CT molecular complexity index is 400. The lowest BCUT2D eigenvalue weighted by Crippen LogP contribution is -2.23. The fourth-order valence-electron chi connectivity index (χ4n) is 0.982. The van der Waals surface area contributed by atoms with E-state index in [1.165, 1.54) is 18.2 Å². The fraction of sp³-hybridized carbons (Fsp3) is 0.250. The maximum absolute atomic E-state index is 13.0. The van der Waals surface area contributed by atoms with Crippen LogP contribution in [-0.2, 0) is 16.1 Å². The molecule has 78 valence electrons. The molecule has 0 atom stereocenters. The zero-order valence-electron chi connectivity index (χ0n) is 6.95. The summed E-state index contributed by atoms with van der Waals surface area (Å²) in [6.45, 7) is 0. The van der Waals surface area contributed by atoms with Gasteiger partial charge in [-0.15, -0.1) is 3.89 Å². The molecule has 0 spiro atoms. The highest BCUT2D eigenvalue weighted by Crippen LogP contribution is 2.29. The number of rotatable bonds is 3.